The Balaban J connectivity index is 2.08. The number of hydrogen-bond acceptors (Lipinski definition) is 7. The summed E-state index contributed by atoms with van der Waals surface area (Å²) in [6.07, 6.45) is 2.71. The number of carbonyl (C=O) groups excluding carboxylic acids is 3. The molecule has 0 aliphatic rings. The van der Waals surface area contributed by atoms with Crippen LogP contribution in [-0.4, -0.2) is 50.5 Å². The van der Waals surface area contributed by atoms with E-state index in [1.165, 1.54) is 40.4 Å². The van der Waals surface area contributed by atoms with Gasteiger partial charge in [-0.1, -0.05) is 0 Å². The predicted molar refractivity (Wildman–Crippen MR) is 111 cm³/mol. The van der Waals surface area contributed by atoms with E-state index in [0.29, 0.717) is 39.6 Å². The number of aromatic nitrogens is 1. The average molecular weight is 415 g/mol. The van der Waals surface area contributed by atoms with Gasteiger partial charge in [0.05, 0.1) is 27.0 Å². The molecule has 0 aliphatic carbocycles. The Kier molecular flexibility index (Phi) is 7.41. The molecule has 0 atom stereocenters. The summed E-state index contributed by atoms with van der Waals surface area (Å²) in [7, 11) is 4.48. The Morgan fingerprint density at radius 2 is 1.60 bits per heavy atom. The van der Waals surface area contributed by atoms with Crippen molar-refractivity contribution >= 4 is 23.6 Å². The van der Waals surface area contributed by atoms with Gasteiger partial charge >= 0.3 is 5.97 Å². The van der Waals surface area contributed by atoms with Gasteiger partial charge in [-0.25, -0.2) is 4.79 Å². The van der Waals surface area contributed by atoms with Crippen LogP contribution >= 0.6 is 0 Å². The minimum absolute atomic E-state index is 0.134. The Bertz CT molecular complexity index is 976. The topological polar surface area (TPSA) is 104 Å². The summed E-state index contributed by atoms with van der Waals surface area (Å²) in [5.41, 5.74) is 2.52. The number of hydrogen-bond donors (Lipinski definition) is 1. The fourth-order valence-electron chi connectivity index (χ4n) is 3.18. The number of methoxy groups -OCH3 is 3. The number of H-pyrrole nitrogens is 1. The SMILES string of the molecule is COc1cc(C=CC(=O)OCC(=O)c2[nH]c(C)c(C(C)=O)c2C)cc(OC)c1OC. The van der Waals surface area contributed by atoms with E-state index in [1.807, 2.05) is 0 Å². The van der Waals surface area contributed by atoms with Crippen LogP contribution in [-0.2, 0) is 9.53 Å². The molecule has 8 heteroatoms. The maximum atomic E-state index is 12.4. The van der Waals surface area contributed by atoms with E-state index in [0.717, 1.165) is 0 Å². The summed E-state index contributed by atoms with van der Waals surface area (Å²) in [5, 5.41) is 0. The summed E-state index contributed by atoms with van der Waals surface area (Å²) < 4.78 is 20.8. The van der Waals surface area contributed by atoms with Crippen LogP contribution in [0.4, 0.5) is 0 Å². The minimum Gasteiger partial charge on any atom is -0.493 e. The molecule has 30 heavy (non-hydrogen) atoms. The molecule has 160 valence electrons. The molecule has 2 rings (SSSR count). The number of esters is 1. The molecular formula is C22H25NO7. The molecule has 1 aromatic carbocycles. The van der Waals surface area contributed by atoms with E-state index in [2.05, 4.69) is 4.98 Å². The molecule has 0 fully saturated rings. The van der Waals surface area contributed by atoms with Gasteiger partial charge in [0, 0.05) is 17.3 Å². The number of rotatable bonds is 9. The van der Waals surface area contributed by atoms with Crippen molar-refractivity contribution in [1.29, 1.82) is 0 Å². The number of benzene rings is 1. The summed E-state index contributed by atoms with van der Waals surface area (Å²) in [5.74, 6) is 0.0812. The van der Waals surface area contributed by atoms with Crippen molar-refractivity contribution in [3.05, 3.63) is 46.3 Å². The van der Waals surface area contributed by atoms with E-state index >= 15 is 0 Å². The quantitative estimate of drug-likeness (QED) is 0.381. The van der Waals surface area contributed by atoms with E-state index < -0.39 is 18.4 Å². The first-order valence-corrected chi connectivity index (χ1v) is 9.11. The van der Waals surface area contributed by atoms with E-state index in [1.54, 1.807) is 26.0 Å². The van der Waals surface area contributed by atoms with Gasteiger partial charge in [-0.05, 0) is 50.1 Å². The first-order chi connectivity index (χ1) is 14.2. The standard InChI is InChI=1S/C22H25NO7/c1-12-20(14(3)24)13(2)23-21(12)16(25)11-30-19(26)8-7-15-9-17(27-4)22(29-6)18(10-15)28-5/h7-10,23H,11H2,1-6H3. The number of ether oxygens (including phenoxy) is 4. The molecule has 2 aromatic rings. The molecule has 1 N–H and O–H groups in total. The molecule has 0 radical (unpaired) electrons. The monoisotopic (exact) mass is 415 g/mol. The third-order valence-corrected chi connectivity index (χ3v) is 4.51. The molecule has 0 aliphatic heterocycles. The van der Waals surface area contributed by atoms with Crippen LogP contribution in [0.1, 0.15) is 44.6 Å². The zero-order valence-corrected chi connectivity index (χ0v) is 17.9. The summed E-state index contributed by atoms with van der Waals surface area (Å²) in [6, 6.07) is 3.34. The van der Waals surface area contributed by atoms with Crippen LogP contribution < -0.4 is 14.2 Å². The number of nitrogens with one attached hydrogen (secondary N) is 1. The van der Waals surface area contributed by atoms with Crippen LogP contribution in [0.5, 0.6) is 17.2 Å². The second-order valence-corrected chi connectivity index (χ2v) is 6.50. The number of carbonyl (C=O) groups is 3. The highest BCUT2D eigenvalue weighted by Gasteiger charge is 2.20. The predicted octanol–water partition coefficient (Wildman–Crippen LogP) is 3.30. The largest absolute Gasteiger partial charge is 0.493 e. The summed E-state index contributed by atoms with van der Waals surface area (Å²) >= 11 is 0. The van der Waals surface area contributed by atoms with Gasteiger partial charge in [0.1, 0.15) is 0 Å². The van der Waals surface area contributed by atoms with Crippen LogP contribution in [0, 0.1) is 13.8 Å². The van der Waals surface area contributed by atoms with Crippen LogP contribution in [0.3, 0.4) is 0 Å². The van der Waals surface area contributed by atoms with Crippen molar-refractivity contribution in [1.82, 2.24) is 4.98 Å². The van der Waals surface area contributed by atoms with E-state index in [9.17, 15) is 14.4 Å². The Morgan fingerprint density at radius 1 is 1.00 bits per heavy atom. The fourth-order valence-corrected chi connectivity index (χ4v) is 3.18. The normalized spacial score (nSPS) is 10.7. The van der Waals surface area contributed by atoms with Crippen molar-refractivity contribution in [2.75, 3.05) is 27.9 Å². The van der Waals surface area contributed by atoms with Crippen molar-refractivity contribution in [2.45, 2.75) is 20.8 Å². The number of aromatic amines is 1. The van der Waals surface area contributed by atoms with Crippen molar-refractivity contribution in [3.63, 3.8) is 0 Å². The van der Waals surface area contributed by atoms with Crippen LogP contribution in [0.25, 0.3) is 6.08 Å². The Labute approximate surface area is 174 Å². The van der Waals surface area contributed by atoms with Crippen LogP contribution in [0.15, 0.2) is 18.2 Å². The van der Waals surface area contributed by atoms with Gasteiger partial charge in [-0.15, -0.1) is 0 Å². The van der Waals surface area contributed by atoms with E-state index in [4.69, 9.17) is 18.9 Å². The summed E-state index contributed by atoms with van der Waals surface area (Å²) in [4.78, 5) is 39.0. The zero-order valence-electron chi connectivity index (χ0n) is 17.9. The lowest BCUT2D eigenvalue weighted by molar-refractivity contribution is -0.136. The fraction of sp³-hybridized carbons (Fsp3) is 0.318. The second-order valence-electron chi connectivity index (χ2n) is 6.50. The lowest BCUT2D eigenvalue weighted by Crippen LogP contribution is -2.14. The van der Waals surface area contributed by atoms with Gasteiger partial charge < -0.3 is 23.9 Å². The Hall–Kier alpha value is -3.55. The molecular weight excluding hydrogens is 390 g/mol. The molecule has 0 unspecified atom stereocenters. The van der Waals surface area contributed by atoms with Crippen molar-refractivity contribution < 1.29 is 33.3 Å². The third-order valence-electron chi connectivity index (χ3n) is 4.51. The highest BCUT2D eigenvalue weighted by atomic mass is 16.5. The molecule has 1 aromatic heterocycles. The van der Waals surface area contributed by atoms with Crippen molar-refractivity contribution in [3.8, 4) is 17.2 Å². The van der Waals surface area contributed by atoms with Crippen LogP contribution in [0.2, 0.25) is 0 Å². The molecule has 8 nitrogen and oxygen atoms in total. The number of aryl methyl sites for hydroxylation is 1. The lowest BCUT2D eigenvalue weighted by atomic mass is 10.1. The minimum atomic E-state index is -0.690. The molecule has 0 saturated heterocycles. The first-order valence-electron chi connectivity index (χ1n) is 9.11. The molecule has 0 amide bonds. The maximum Gasteiger partial charge on any atom is 0.331 e. The Morgan fingerprint density at radius 3 is 2.07 bits per heavy atom. The maximum absolute atomic E-state index is 12.4. The molecule has 0 spiro atoms. The van der Waals surface area contributed by atoms with Gasteiger partial charge in [0.15, 0.2) is 23.9 Å². The zero-order chi connectivity index (χ0) is 22.4. The summed E-state index contributed by atoms with van der Waals surface area (Å²) in [6.45, 7) is 4.38. The highest BCUT2D eigenvalue weighted by Crippen LogP contribution is 2.38. The van der Waals surface area contributed by atoms with Gasteiger partial charge in [-0.2, -0.15) is 0 Å². The highest BCUT2D eigenvalue weighted by molar-refractivity contribution is 6.04. The molecule has 0 bridgehead atoms. The molecule has 0 saturated carbocycles. The van der Waals surface area contributed by atoms with Crippen molar-refractivity contribution in [2.24, 2.45) is 0 Å². The first kappa shape index (κ1) is 22.7. The lowest BCUT2D eigenvalue weighted by Gasteiger charge is -2.12. The van der Waals surface area contributed by atoms with Gasteiger partial charge in [0.25, 0.3) is 0 Å². The van der Waals surface area contributed by atoms with Gasteiger partial charge in [0.2, 0.25) is 11.5 Å². The van der Waals surface area contributed by atoms with E-state index in [-0.39, 0.29) is 11.5 Å². The number of Topliss-reactive ketones (excluding diaryl/α,β-unsaturated/α-hetero) is 2. The second kappa shape index (κ2) is 9.78. The average Bonchev–Trinajstić information content (AvgIpc) is 3.03. The number of ketones is 2. The smallest absolute Gasteiger partial charge is 0.331 e. The third kappa shape index (κ3) is 4.89. The van der Waals surface area contributed by atoms with Gasteiger partial charge in [-0.3, -0.25) is 9.59 Å². The molecule has 1 heterocycles.